The van der Waals surface area contributed by atoms with Gasteiger partial charge in [-0.05, 0) is 32.1 Å². The van der Waals surface area contributed by atoms with Gasteiger partial charge in [0.15, 0.2) is 0 Å². The monoisotopic (exact) mass is 198 g/mol. The highest BCUT2D eigenvalue weighted by Gasteiger charge is 2.36. The van der Waals surface area contributed by atoms with Gasteiger partial charge in [-0.2, -0.15) is 0 Å². The lowest BCUT2D eigenvalue weighted by Gasteiger charge is -2.41. The minimum absolute atomic E-state index is 0.0139. The zero-order chi connectivity index (χ0) is 10.4. The van der Waals surface area contributed by atoms with Crippen LogP contribution in [0, 0.1) is 0 Å². The number of rotatable bonds is 5. The Kier molecular flexibility index (Phi) is 4.23. The fraction of sp³-hybridized carbons (Fsp3) is 0.909. The Morgan fingerprint density at radius 3 is 2.50 bits per heavy atom. The summed E-state index contributed by atoms with van der Waals surface area (Å²) >= 11 is 0. The van der Waals surface area contributed by atoms with E-state index in [2.05, 4.69) is 24.5 Å². The van der Waals surface area contributed by atoms with Crippen molar-refractivity contribution < 1.29 is 4.79 Å². The van der Waals surface area contributed by atoms with Gasteiger partial charge in [0, 0.05) is 12.1 Å². The zero-order valence-corrected chi connectivity index (χ0v) is 9.36. The largest absolute Gasteiger partial charge is 0.338 e. The minimum Gasteiger partial charge on any atom is -0.338 e. The zero-order valence-electron chi connectivity index (χ0n) is 9.36. The normalized spacial score (nSPS) is 18.4. The van der Waals surface area contributed by atoms with Crippen LogP contribution in [-0.2, 0) is 0 Å². The Hall–Kier alpha value is -0.730. The van der Waals surface area contributed by atoms with Gasteiger partial charge in [0.25, 0.3) is 0 Å². The molecule has 0 atom stereocenters. The number of nitrogens with one attached hydrogen (secondary N) is 2. The summed E-state index contributed by atoms with van der Waals surface area (Å²) in [7, 11) is 0. The minimum atomic E-state index is 0.0139. The molecule has 0 radical (unpaired) electrons. The van der Waals surface area contributed by atoms with E-state index in [1.165, 1.54) is 6.42 Å². The number of urea groups is 1. The number of amides is 2. The van der Waals surface area contributed by atoms with Crippen LogP contribution in [-0.4, -0.2) is 18.1 Å². The molecule has 1 saturated carbocycles. The first-order chi connectivity index (χ1) is 6.72. The Balaban J connectivity index is 2.18. The Labute approximate surface area is 86.6 Å². The Morgan fingerprint density at radius 1 is 1.36 bits per heavy atom. The maximum absolute atomic E-state index is 11.5. The van der Waals surface area contributed by atoms with E-state index in [1.54, 1.807) is 0 Å². The molecule has 1 rings (SSSR count). The summed E-state index contributed by atoms with van der Waals surface area (Å²) < 4.78 is 0. The summed E-state index contributed by atoms with van der Waals surface area (Å²) in [5.74, 6) is 0. The molecule has 0 saturated heterocycles. The first-order valence-electron chi connectivity index (χ1n) is 5.78. The molecule has 0 aromatic rings. The highest BCUT2D eigenvalue weighted by atomic mass is 16.2. The molecule has 3 heteroatoms. The second kappa shape index (κ2) is 5.23. The number of hydrogen-bond donors (Lipinski definition) is 2. The van der Waals surface area contributed by atoms with Crippen molar-refractivity contribution in [2.24, 2.45) is 0 Å². The molecule has 1 aliphatic carbocycles. The topological polar surface area (TPSA) is 41.1 Å². The molecule has 14 heavy (non-hydrogen) atoms. The predicted octanol–water partition coefficient (Wildman–Crippen LogP) is 2.42. The summed E-state index contributed by atoms with van der Waals surface area (Å²) in [5, 5.41) is 5.98. The molecule has 82 valence electrons. The third kappa shape index (κ3) is 2.89. The fourth-order valence-corrected chi connectivity index (χ4v) is 1.83. The molecule has 1 aliphatic rings. The summed E-state index contributed by atoms with van der Waals surface area (Å²) in [5.41, 5.74) is 0.121. The lowest BCUT2D eigenvalue weighted by atomic mass is 9.75. The molecular formula is C11H22N2O. The second-order valence-electron chi connectivity index (χ2n) is 4.22. The number of hydrogen-bond acceptors (Lipinski definition) is 1. The molecule has 0 aliphatic heterocycles. The van der Waals surface area contributed by atoms with Crippen LogP contribution in [0.4, 0.5) is 4.79 Å². The highest BCUT2D eigenvalue weighted by molar-refractivity contribution is 5.74. The van der Waals surface area contributed by atoms with E-state index in [4.69, 9.17) is 0 Å². The van der Waals surface area contributed by atoms with Crippen molar-refractivity contribution in [1.82, 2.24) is 10.6 Å². The van der Waals surface area contributed by atoms with E-state index < -0.39 is 0 Å². The van der Waals surface area contributed by atoms with Gasteiger partial charge in [-0.3, -0.25) is 0 Å². The Morgan fingerprint density at radius 2 is 2.07 bits per heavy atom. The van der Waals surface area contributed by atoms with Crippen LogP contribution in [0.25, 0.3) is 0 Å². The smallest absolute Gasteiger partial charge is 0.315 e. The predicted molar refractivity (Wildman–Crippen MR) is 58.3 cm³/mol. The first-order valence-corrected chi connectivity index (χ1v) is 5.78. The Bertz CT molecular complexity index is 182. The summed E-state index contributed by atoms with van der Waals surface area (Å²) in [4.78, 5) is 11.5. The van der Waals surface area contributed by atoms with Crippen LogP contribution in [0.1, 0.15) is 52.4 Å². The molecule has 3 nitrogen and oxygen atoms in total. The van der Waals surface area contributed by atoms with Gasteiger partial charge < -0.3 is 10.6 Å². The molecule has 0 spiro atoms. The summed E-state index contributed by atoms with van der Waals surface area (Å²) in [6.45, 7) is 5.06. The van der Waals surface area contributed by atoms with Crippen molar-refractivity contribution in [1.29, 1.82) is 0 Å². The summed E-state index contributed by atoms with van der Waals surface area (Å²) in [6, 6.07) is 0.0139. The van der Waals surface area contributed by atoms with Gasteiger partial charge in [0.1, 0.15) is 0 Å². The van der Waals surface area contributed by atoms with Gasteiger partial charge in [-0.25, -0.2) is 4.79 Å². The van der Waals surface area contributed by atoms with Crippen LogP contribution in [0.3, 0.4) is 0 Å². The molecule has 0 unspecified atom stereocenters. The van der Waals surface area contributed by atoms with E-state index in [9.17, 15) is 4.79 Å². The van der Waals surface area contributed by atoms with Gasteiger partial charge in [-0.15, -0.1) is 0 Å². The maximum Gasteiger partial charge on any atom is 0.315 e. The number of carbonyl (C=O) groups excluding carboxylic acids is 1. The molecule has 0 heterocycles. The van der Waals surface area contributed by atoms with Crippen LogP contribution in [0.5, 0.6) is 0 Å². The van der Waals surface area contributed by atoms with E-state index in [0.717, 1.165) is 38.6 Å². The van der Waals surface area contributed by atoms with Crippen molar-refractivity contribution in [3.63, 3.8) is 0 Å². The van der Waals surface area contributed by atoms with Crippen molar-refractivity contribution in [2.75, 3.05) is 6.54 Å². The van der Waals surface area contributed by atoms with E-state index >= 15 is 0 Å². The lowest BCUT2D eigenvalue weighted by molar-refractivity contribution is 0.172. The maximum atomic E-state index is 11.5. The van der Waals surface area contributed by atoms with Crippen LogP contribution in [0.2, 0.25) is 0 Å². The van der Waals surface area contributed by atoms with Crippen molar-refractivity contribution in [2.45, 2.75) is 57.9 Å². The lowest BCUT2D eigenvalue weighted by Crippen LogP contribution is -2.55. The van der Waals surface area contributed by atoms with Crippen molar-refractivity contribution >= 4 is 6.03 Å². The average molecular weight is 198 g/mol. The van der Waals surface area contributed by atoms with E-state index in [-0.39, 0.29) is 11.6 Å². The number of carbonyl (C=O) groups is 1. The molecule has 0 bridgehead atoms. The molecule has 0 aromatic heterocycles. The fourth-order valence-electron chi connectivity index (χ4n) is 1.83. The summed E-state index contributed by atoms with van der Waals surface area (Å²) in [6.07, 6.45) is 6.78. The van der Waals surface area contributed by atoms with Crippen molar-refractivity contribution in [3.8, 4) is 0 Å². The standard InChI is InChI=1S/C11H22N2O/c1-3-5-9-12-10(14)13-11(4-2)7-6-8-11/h3-9H2,1-2H3,(H2,12,13,14). The SMILES string of the molecule is CCCCNC(=O)NC1(CC)CCC1. The van der Waals surface area contributed by atoms with Gasteiger partial charge in [0.05, 0.1) is 0 Å². The molecule has 1 fully saturated rings. The van der Waals surface area contributed by atoms with E-state index in [1.807, 2.05) is 0 Å². The quantitative estimate of drug-likeness (QED) is 0.654. The molecular weight excluding hydrogens is 176 g/mol. The van der Waals surface area contributed by atoms with E-state index in [0.29, 0.717) is 0 Å². The van der Waals surface area contributed by atoms with Crippen LogP contribution < -0.4 is 10.6 Å². The second-order valence-corrected chi connectivity index (χ2v) is 4.22. The van der Waals surface area contributed by atoms with Gasteiger partial charge >= 0.3 is 6.03 Å². The molecule has 0 aromatic carbocycles. The molecule has 2 N–H and O–H groups in total. The third-order valence-electron chi connectivity index (χ3n) is 3.18. The highest BCUT2D eigenvalue weighted by Crippen LogP contribution is 2.34. The number of unbranched alkanes of at least 4 members (excludes halogenated alkanes) is 1. The third-order valence-corrected chi connectivity index (χ3v) is 3.18. The van der Waals surface area contributed by atoms with Gasteiger partial charge in [0.2, 0.25) is 0 Å². The van der Waals surface area contributed by atoms with Crippen molar-refractivity contribution in [3.05, 3.63) is 0 Å². The average Bonchev–Trinajstić information content (AvgIpc) is 2.12. The van der Waals surface area contributed by atoms with Crippen LogP contribution in [0.15, 0.2) is 0 Å². The van der Waals surface area contributed by atoms with Gasteiger partial charge in [-0.1, -0.05) is 20.3 Å². The van der Waals surface area contributed by atoms with Crippen LogP contribution >= 0.6 is 0 Å². The molecule has 2 amide bonds. The first kappa shape index (κ1) is 11.3.